The Morgan fingerprint density at radius 2 is 1.69 bits per heavy atom. The van der Waals surface area contributed by atoms with Crippen molar-refractivity contribution in [1.82, 2.24) is 0 Å². The molecule has 200 valence electrons. The number of nitrogens with zero attached hydrogens (tertiary/aromatic N) is 1. The third-order valence-corrected chi connectivity index (χ3v) is 13.3. The van der Waals surface area contributed by atoms with Crippen LogP contribution in [0.5, 0.6) is 0 Å². The molecule has 1 aliphatic carbocycles. The Hall–Kier alpha value is -0.983. The summed E-state index contributed by atoms with van der Waals surface area (Å²) in [5.41, 5.74) is 3.12. The van der Waals surface area contributed by atoms with Crippen molar-refractivity contribution in [2.45, 2.75) is 76.7 Å². The van der Waals surface area contributed by atoms with Crippen molar-refractivity contribution >= 4 is 34.2 Å². The van der Waals surface area contributed by atoms with Gasteiger partial charge in [-0.05, 0) is 60.5 Å². The molecule has 1 aromatic carbocycles. The van der Waals surface area contributed by atoms with E-state index in [4.69, 9.17) is 12.8 Å². The molecular weight excluding hydrogens is 506 g/mol. The molecule has 0 amide bonds. The van der Waals surface area contributed by atoms with Gasteiger partial charge in [0.1, 0.15) is 0 Å². The second-order valence-corrected chi connectivity index (χ2v) is 19.6. The van der Waals surface area contributed by atoms with Crippen molar-refractivity contribution in [1.29, 1.82) is 0 Å². The number of rotatable bonds is 10. The van der Waals surface area contributed by atoms with Gasteiger partial charge in [-0.2, -0.15) is 16.8 Å². The SMILES string of the molecule is CC(C)(C)[Si](C)(C)OCCN1c2ccc(COS(C)(=O)=O)cc2C2CC(COS(C)(=O)=O)CCC21. The van der Waals surface area contributed by atoms with Crippen molar-refractivity contribution in [3.05, 3.63) is 29.3 Å². The van der Waals surface area contributed by atoms with E-state index in [0.29, 0.717) is 12.6 Å². The van der Waals surface area contributed by atoms with E-state index in [2.05, 4.69) is 44.8 Å². The van der Waals surface area contributed by atoms with E-state index in [1.165, 1.54) is 5.56 Å². The zero-order valence-electron chi connectivity index (χ0n) is 22.0. The van der Waals surface area contributed by atoms with Crippen LogP contribution in [0.15, 0.2) is 18.2 Å². The molecular formula is C24H41NO7S2Si. The normalized spacial score (nSPS) is 23.3. The van der Waals surface area contributed by atoms with Gasteiger partial charge in [-0.3, -0.25) is 8.37 Å². The van der Waals surface area contributed by atoms with E-state index < -0.39 is 28.6 Å². The summed E-state index contributed by atoms with van der Waals surface area (Å²) in [5, 5.41) is 0.143. The summed E-state index contributed by atoms with van der Waals surface area (Å²) in [6, 6.07) is 6.33. The second-order valence-electron chi connectivity index (χ2n) is 11.5. The molecule has 3 unspecified atom stereocenters. The minimum absolute atomic E-state index is 0.00139. The lowest BCUT2D eigenvalue weighted by atomic mass is 9.76. The lowest BCUT2D eigenvalue weighted by molar-refractivity contribution is 0.192. The molecule has 1 heterocycles. The van der Waals surface area contributed by atoms with Crippen LogP contribution >= 0.6 is 0 Å². The zero-order valence-corrected chi connectivity index (χ0v) is 24.7. The lowest BCUT2D eigenvalue weighted by Crippen LogP contribution is -2.45. The van der Waals surface area contributed by atoms with E-state index >= 15 is 0 Å². The minimum atomic E-state index is -3.54. The molecule has 1 fully saturated rings. The maximum Gasteiger partial charge on any atom is 0.264 e. The van der Waals surface area contributed by atoms with Crippen molar-refractivity contribution in [3.8, 4) is 0 Å². The number of benzene rings is 1. The predicted molar refractivity (Wildman–Crippen MR) is 141 cm³/mol. The molecule has 0 saturated heterocycles. The van der Waals surface area contributed by atoms with Gasteiger partial charge in [0.25, 0.3) is 20.2 Å². The van der Waals surface area contributed by atoms with Crippen molar-refractivity contribution in [3.63, 3.8) is 0 Å². The van der Waals surface area contributed by atoms with E-state index in [0.717, 1.165) is 49.6 Å². The van der Waals surface area contributed by atoms with Gasteiger partial charge in [-0.1, -0.05) is 32.9 Å². The highest BCUT2D eigenvalue weighted by molar-refractivity contribution is 7.86. The van der Waals surface area contributed by atoms with Gasteiger partial charge in [0.2, 0.25) is 0 Å². The molecule has 0 radical (unpaired) electrons. The van der Waals surface area contributed by atoms with E-state index in [-0.39, 0.29) is 30.1 Å². The molecule has 3 atom stereocenters. The Bertz CT molecular complexity index is 1110. The monoisotopic (exact) mass is 547 g/mol. The number of anilines is 1. The Balaban J connectivity index is 1.81. The van der Waals surface area contributed by atoms with Crippen LogP contribution in [0.4, 0.5) is 5.69 Å². The van der Waals surface area contributed by atoms with Crippen molar-refractivity contribution in [2.24, 2.45) is 5.92 Å². The first-order chi connectivity index (χ1) is 16.0. The second kappa shape index (κ2) is 10.4. The summed E-state index contributed by atoms with van der Waals surface area (Å²) in [5.74, 6) is 0.371. The van der Waals surface area contributed by atoms with Crippen LogP contribution in [0, 0.1) is 5.92 Å². The van der Waals surface area contributed by atoms with Gasteiger partial charge >= 0.3 is 0 Å². The first-order valence-electron chi connectivity index (χ1n) is 12.2. The molecule has 0 N–H and O–H groups in total. The van der Waals surface area contributed by atoms with Gasteiger partial charge in [0, 0.05) is 24.2 Å². The fourth-order valence-corrected chi connectivity index (χ4v) is 6.65. The topological polar surface area (TPSA) is 99.2 Å². The molecule has 0 aromatic heterocycles. The third kappa shape index (κ3) is 7.51. The number of hydrogen-bond donors (Lipinski definition) is 0. The average Bonchev–Trinajstić information content (AvgIpc) is 3.01. The number of hydrogen-bond acceptors (Lipinski definition) is 8. The van der Waals surface area contributed by atoms with Crippen LogP contribution in [0.1, 0.15) is 57.1 Å². The van der Waals surface area contributed by atoms with Gasteiger partial charge in [0.05, 0.1) is 32.3 Å². The highest BCUT2D eigenvalue weighted by Gasteiger charge is 2.43. The molecule has 0 bridgehead atoms. The van der Waals surface area contributed by atoms with Crippen LogP contribution < -0.4 is 4.90 Å². The summed E-state index contributed by atoms with van der Waals surface area (Å²) in [4.78, 5) is 2.43. The molecule has 3 rings (SSSR count). The van der Waals surface area contributed by atoms with Gasteiger partial charge in [-0.25, -0.2) is 0 Å². The lowest BCUT2D eigenvalue weighted by Gasteiger charge is -2.39. The van der Waals surface area contributed by atoms with Gasteiger partial charge < -0.3 is 9.33 Å². The first kappa shape index (κ1) is 28.6. The third-order valence-electron chi connectivity index (χ3n) is 7.68. The van der Waals surface area contributed by atoms with Gasteiger partial charge in [0.15, 0.2) is 8.32 Å². The standard InChI is InChI=1S/C24H41NO7S2Si/c1-24(2,3)35(6,7)32-13-12-25-22-10-8-18(16-30-33(4,26)27)14-20(22)21-15-19(9-11-23(21)25)17-31-34(5,28)29/h8,10,14,19,21,23H,9,11-13,15-17H2,1-7H3. The Morgan fingerprint density at radius 3 is 2.29 bits per heavy atom. The Labute approximate surface area is 212 Å². The van der Waals surface area contributed by atoms with Crippen LogP contribution in [0.3, 0.4) is 0 Å². The number of fused-ring (bicyclic) bond motifs is 3. The van der Waals surface area contributed by atoms with E-state index in [1.807, 2.05) is 12.1 Å². The molecule has 1 aliphatic heterocycles. The fourth-order valence-electron chi connectivity index (χ4n) is 4.83. The van der Waals surface area contributed by atoms with Crippen LogP contribution in [0.25, 0.3) is 0 Å². The summed E-state index contributed by atoms with van der Waals surface area (Å²) in [7, 11) is -8.88. The van der Waals surface area contributed by atoms with Crippen LogP contribution in [-0.2, 0) is 39.6 Å². The first-order valence-corrected chi connectivity index (χ1v) is 18.7. The van der Waals surface area contributed by atoms with E-state index in [1.54, 1.807) is 0 Å². The summed E-state index contributed by atoms with van der Waals surface area (Å²) < 4.78 is 62.6. The van der Waals surface area contributed by atoms with Crippen LogP contribution in [0.2, 0.25) is 18.1 Å². The predicted octanol–water partition coefficient (Wildman–Crippen LogP) is 4.23. The highest BCUT2D eigenvalue weighted by Crippen LogP contribution is 2.49. The maximum absolute atomic E-state index is 11.5. The highest BCUT2D eigenvalue weighted by atomic mass is 32.2. The molecule has 1 saturated carbocycles. The molecule has 35 heavy (non-hydrogen) atoms. The molecule has 0 spiro atoms. The van der Waals surface area contributed by atoms with Gasteiger partial charge in [-0.15, -0.1) is 0 Å². The summed E-state index contributed by atoms with van der Waals surface area (Å²) in [6.07, 6.45) is 4.79. The van der Waals surface area contributed by atoms with Crippen molar-refractivity contribution < 1.29 is 29.6 Å². The maximum atomic E-state index is 11.5. The molecule has 11 heteroatoms. The fraction of sp³-hybridized carbons (Fsp3) is 0.750. The van der Waals surface area contributed by atoms with Crippen molar-refractivity contribution in [2.75, 3.05) is 37.2 Å². The average molecular weight is 548 g/mol. The summed E-state index contributed by atoms with van der Waals surface area (Å²) in [6.45, 7) is 12.9. The summed E-state index contributed by atoms with van der Waals surface area (Å²) >= 11 is 0. The minimum Gasteiger partial charge on any atom is -0.415 e. The molecule has 1 aromatic rings. The Kier molecular flexibility index (Phi) is 8.50. The quantitative estimate of drug-likeness (QED) is 0.317. The smallest absolute Gasteiger partial charge is 0.264 e. The largest absolute Gasteiger partial charge is 0.415 e. The zero-order chi connectivity index (χ0) is 26.2. The Morgan fingerprint density at radius 1 is 1.03 bits per heavy atom. The molecule has 2 aliphatic rings. The van der Waals surface area contributed by atoms with Crippen LogP contribution in [-0.4, -0.2) is 63.5 Å². The van der Waals surface area contributed by atoms with E-state index in [9.17, 15) is 16.8 Å². The molecule has 8 nitrogen and oxygen atoms in total.